The highest BCUT2D eigenvalue weighted by Gasteiger charge is 1.91. The van der Waals surface area contributed by atoms with Gasteiger partial charge in [-0.25, -0.2) is 0 Å². The molecule has 0 bridgehead atoms. The lowest BCUT2D eigenvalue weighted by molar-refractivity contribution is 0.177. The van der Waals surface area contributed by atoms with Gasteiger partial charge in [0.2, 0.25) is 0 Å². The minimum Gasteiger partial charge on any atom is -0.378 e. The summed E-state index contributed by atoms with van der Waals surface area (Å²) in [4.78, 5) is 0. The summed E-state index contributed by atoms with van der Waals surface area (Å²) in [7, 11) is 0. The predicted molar refractivity (Wildman–Crippen MR) is 58.9 cm³/mol. The van der Waals surface area contributed by atoms with Crippen LogP contribution in [0.15, 0.2) is 23.8 Å². The summed E-state index contributed by atoms with van der Waals surface area (Å²) < 4.78 is 5.24. The molecule has 1 nitrogen and oxygen atoms in total. The third kappa shape index (κ3) is 9.35. The minimum absolute atomic E-state index is 0.759. The zero-order chi connectivity index (χ0) is 10.1. The molecule has 0 aliphatic heterocycles. The molecule has 0 aromatic heterocycles. The highest BCUT2D eigenvalue weighted by molar-refractivity contribution is 4.99. The van der Waals surface area contributed by atoms with Gasteiger partial charge < -0.3 is 4.74 Å². The molecule has 0 aliphatic rings. The first-order valence-electron chi connectivity index (χ1n) is 5.04. The Bertz CT molecular complexity index is 168. The van der Waals surface area contributed by atoms with Crippen LogP contribution >= 0.6 is 0 Å². The lowest BCUT2D eigenvalue weighted by Gasteiger charge is -2.01. The van der Waals surface area contributed by atoms with Crippen LogP contribution in [0.1, 0.15) is 40.0 Å². The van der Waals surface area contributed by atoms with Gasteiger partial charge in [0.1, 0.15) is 0 Å². The number of allylic oxidation sites excluding steroid dienone is 2. The zero-order valence-corrected chi connectivity index (χ0v) is 9.23. The van der Waals surface area contributed by atoms with E-state index in [1.165, 1.54) is 24.0 Å². The summed E-state index contributed by atoms with van der Waals surface area (Å²) in [6, 6.07) is 0. The van der Waals surface area contributed by atoms with Crippen molar-refractivity contribution in [3.63, 3.8) is 0 Å². The first kappa shape index (κ1) is 12.4. The fraction of sp³-hybridized carbons (Fsp3) is 0.667. The average Bonchev–Trinajstić information content (AvgIpc) is 2.04. The number of hydrogen-bond acceptors (Lipinski definition) is 1. The van der Waals surface area contributed by atoms with Crippen molar-refractivity contribution in [3.8, 4) is 0 Å². The standard InChI is InChI=1S/C12H22O/c1-5-13-10-9-12(4)8-6-7-11(2)3/h9H,2,5-8,10H2,1,3-4H3. The Labute approximate surface area is 82.5 Å². The molecule has 76 valence electrons. The summed E-state index contributed by atoms with van der Waals surface area (Å²) in [6.45, 7) is 11.7. The second kappa shape index (κ2) is 8.06. The van der Waals surface area contributed by atoms with Crippen molar-refractivity contribution < 1.29 is 4.74 Å². The molecule has 0 spiro atoms. The van der Waals surface area contributed by atoms with Crippen LogP contribution in [0.4, 0.5) is 0 Å². The topological polar surface area (TPSA) is 9.23 Å². The third-order valence-corrected chi connectivity index (χ3v) is 1.93. The molecule has 0 aromatic carbocycles. The van der Waals surface area contributed by atoms with E-state index in [1.807, 2.05) is 6.92 Å². The van der Waals surface area contributed by atoms with E-state index >= 15 is 0 Å². The van der Waals surface area contributed by atoms with Crippen LogP contribution in [0.2, 0.25) is 0 Å². The molecule has 1 heteroatoms. The van der Waals surface area contributed by atoms with E-state index in [1.54, 1.807) is 0 Å². The maximum atomic E-state index is 5.24. The molecular weight excluding hydrogens is 160 g/mol. The summed E-state index contributed by atoms with van der Waals surface area (Å²) in [6.07, 6.45) is 5.69. The number of hydrogen-bond donors (Lipinski definition) is 0. The first-order valence-corrected chi connectivity index (χ1v) is 5.04. The van der Waals surface area contributed by atoms with Crippen LogP contribution < -0.4 is 0 Å². The van der Waals surface area contributed by atoms with Gasteiger partial charge in [0.05, 0.1) is 6.61 Å². The Morgan fingerprint density at radius 2 is 2.00 bits per heavy atom. The highest BCUT2D eigenvalue weighted by atomic mass is 16.5. The van der Waals surface area contributed by atoms with Crippen molar-refractivity contribution in [1.82, 2.24) is 0 Å². The largest absolute Gasteiger partial charge is 0.378 e. The van der Waals surface area contributed by atoms with Crippen molar-refractivity contribution in [2.45, 2.75) is 40.0 Å². The van der Waals surface area contributed by atoms with Crippen LogP contribution in [0.25, 0.3) is 0 Å². The van der Waals surface area contributed by atoms with Gasteiger partial charge in [-0.1, -0.05) is 17.2 Å². The van der Waals surface area contributed by atoms with Gasteiger partial charge in [0.25, 0.3) is 0 Å². The predicted octanol–water partition coefficient (Wildman–Crippen LogP) is 3.72. The molecule has 0 atom stereocenters. The van der Waals surface area contributed by atoms with Crippen LogP contribution in [-0.4, -0.2) is 13.2 Å². The van der Waals surface area contributed by atoms with E-state index in [0.29, 0.717) is 0 Å². The van der Waals surface area contributed by atoms with Crippen LogP contribution in [-0.2, 0) is 4.74 Å². The van der Waals surface area contributed by atoms with Crippen molar-refractivity contribution in [1.29, 1.82) is 0 Å². The van der Waals surface area contributed by atoms with Gasteiger partial charge in [0, 0.05) is 6.61 Å². The maximum Gasteiger partial charge on any atom is 0.0649 e. The molecule has 0 amide bonds. The normalized spacial score (nSPS) is 11.8. The van der Waals surface area contributed by atoms with E-state index < -0.39 is 0 Å². The van der Waals surface area contributed by atoms with E-state index in [9.17, 15) is 0 Å². The number of rotatable bonds is 7. The Hall–Kier alpha value is -0.560. The maximum absolute atomic E-state index is 5.24. The smallest absolute Gasteiger partial charge is 0.0649 e. The molecule has 0 aliphatic carbocycles. The molecular formula is C12H22O. The van der Waals surface area contributed by atoms with Gasteiger partial charge in [-0.2, -0.15) is 0 Å². The summed E-state index contributed by atoms with van der Waals surface area (Å²) in [5, 5.41) is 0. The monoisotopic (exact) mass is 182 g/mol. The van der Waals surface area contributed by atoms with Gasteiger partial charge in [-0.15, -0.1) is 6.58 Å². The first-order chi connectivity index (χ1) is 6.16. The van der Waals surface area contributed by atoms with Gasteiger partial charge in [-0.05, 0) is 40.0 Å². The zero-order valence-electron chi connectivity index (χ0n) is 9.23. The molecule has 0 aromatic rings. The van der Waals surface area contributed by atoms with Gasteiger partial charge in [0.15, 0.2) is 0 Å². The Morgan fingerprint density at radius 1 is 1.31 bits per heavy atom. The SMILES string of the molecule is C=C(C)CCCC(C)=CCOCC. The molecule has 0 unspecified atom stereocenters. The van der Waals surface area contributed by atoms with E-state index in [-0.39, 0.29) is 0 Å². The van der Waals surface area contributed by atoms with Crippen molar-refractivity contribution in [2.75, 3.05) is 13.2 Å². The summed E-state index contributed by atoms with van der Waals surface area (Å²) >= 11 is 0. The summed E-state index contributed by atoms with van der Waals surface area (Å²) in [5.41, 5.74) is 2.70. The second-order valence-corrected chi connectivity index (χ2v) is 3.52. The second-order valence-electron chi connectivity index (χ2n) is 3.52. The van der Waals surface area contributed by atoms with Crippen molar-refractivity contribution >= 4 is 0 Å². The lowest BCUT2D eigenvalue weighted by atomic mass is 10.1. The van der Waals surface area contributed by atoms with E-state index in [4.69, 9.17) is 4.74 Å². The van der Waals surface area contributed by atoms with Crippen molar-refractivity contribution in [2.24, 2.45) is 0 Å². The molecule has 0 N–H and O–H groups in total. The Balaban J connectivity index is 3.43. The molecule has 13 heavy (non-hydrogen) atoms. The van der Waals surface area contributed by atoms with E-state index in [0.717, 1.165) is 19.6 Å². The fourth-order valence-electron chi connectivity index (χ4n) is 1.09. The molecule has 0 saturated carbocycles. The molecule has 0 rings (SSSR count). The van der Waals surface area contributed by atoms with Crippen LogP contribution in [0.5, 0.6) is 0 Å². The third-order valence-electron chi connectivity index (χ3n) is 1.93. The molecule has 0 saturated heterocycles. The van der Waals surface area contributed by atoms with Crippen LogP contribution in [0, 0.1) is 0 Å². The van der Waals surface area contributed by atoms with Gasteiger partial charge >= 0.3 is 0 Å². The molecule has 0 fully saturated rings. The fourth-order valence-corrected chi connectivity index (χ4v) is 1.09. The quantitative estimate of drug-likeness (QED) is 0.431. The van der Waals surface area contributed by atoms with Crippen molar-refractivity contribution in [3.05, 3.63) is 23.8 Å². The highest BCUT2D eigenvalue weighted by Crippen LogP contribution is 2.09. The molecule has 0 radical (unpaired) electrons. The van der Waals surface area contributed by atoms with E-state index in [2.05, 4.69) is 26.5 Å². The van der Waals surface area contributed by atoms with Crippen LogP contribution in [0.3, 0.4) is 0 Å². The Morgan fingerprint density at radius 3 is 2.54 bits per heavy atom. The average molecular weight is 182 g/mol. The number of ether oxygens (including phenoxy) is 1. The Kier molecular flexibility index (Phi) is 7.71. The molecule has 0 heterocycles. The van der Waals surface area contributed by atoms with Gasteiger partial charge in [-0.3, -0.25) is 0 Å². The minimum atomic E-state index is 0.759. The summed E-state index contributed by atoms with van der Waals surface area (Å²) in [5.74, 6) is 0. The lowest BCUT2D eigenvalue weighted by Crippen LogP contribution is -1.90.